The predicted molar refractivity (Wildman–Crippen MR) is 129 cm³/mol. The van der Waals surface area contributed by atoms with Gasteiger partial charge < -0.3 is 4.74 Å². The highest BCUT2D eigenvalue weighted by atomic mass is 32.2. The molecule has 0 aliphatic carbocycles. The molecule has 3 aromatic carbocycles. The van der Waals surface area contributed by atoms with Crippen LogP contribution < -0.4 is 4.72 Å². The van der Waals surface area contributed by atoms with Crippen molar-refractivity contribution in [2.24, 2.45) is 0 Å². The fraction of sp³-hybridized carbons (Fsp3) is 0.148. The SMILES string of the molecule is C#Cc1cc(-c2ccc(C)cc2)ccc1S(=O)(=O)NC(CC#Cc1ccccc1)C(=O)OC. The summed E-state index contributed by atoms with van der Waals surface area (Å²) in [4.78, 5) is 12.1. The van der Waals surface area contributed by atoms with Gasteiger partial charge in [-0.25, -0.2) is 8.42 Å². The van der Waals surface area contributed by atoms with Gasteiger partial charge in [0.1, 0.15) is 6.04 Å². The number of carbonyl (C=O) groups is 1. The summed E-state index contributed by atoms with van der Waals surface area (Å²) in [6.07, 6.45) is 5.56. The van der Waals surface area contributed by atoms with Crippen LogP contribution in [0, 0.1) is 31.1 Å². The van der Waals surface area contributed by atoms with Crippen molar-refractivity contribution in [1.82, 2.24) is 4.72 Å². The molecule has 0 amide bonds. The fourth-order valence-corrected chi connectivity index (χ4v) is 4.48. The van der Waals surface area contributed by atoms with E-state index >= 15 is 0 Å². The van der Waals surface area contributed by atoms with Crippen LogP contribution in [0.25, 0.3) is 11.1 Å². The van der Waals surface area contributed by atoms with E-state index < -0.39 is 22.0 Å². The van der Waals surface area contributed by atoms with Crippen molar-refractivity contribution >= 4 is 16.0 Å². The zero-order valence-corrected chi connectivity index (χ0v) is 19.1. The molecular weight excluding hydrogens is 434 g/mol. The Kier molecular flexibility index (Phi) is 7.69. The van der Waals surface area contributed by atoms with E-state index in [2.05, 4.69) is 22.5 Å². The number of aryl methyl sites for hydroxylation is 1. The lowest BCUT2D eigenvalue weighted by Crippen LogP contribution is -2.41. The van der Waals surface area contributed by atoms with Gasteiger partial charge in [-0.1, -0.05) is 71.9 Å². The van der Waals surface area contributed by atoms with Crippen molar-refractivity contribution in [2.45, 2.75) is 24.3 Å². The van der Waals surface area contributed by atoms with E-state index in [1.807, 2.05) is 61.5 Å². The lowest BCUT2D eigenvalue weighted by atomic mass is 10.0. The molecule has 1 N–H and O–H groups in total. The predicted octanol–water partition coefficient (Wildman–Crippen LogP) is 3.91. The number of esters is 1. The molecule has 3 aromatic rings. The highest BCUT2D eigenvalue weighted by Crippen LogP contribution is 2.25. The van der Waals surface area contributed by atoms with Crippen molar-refractivity contribution in [3.63, 3.8) is 0 Å². The summed E-state index contributed by atoms with van der Waals surface area (Å²) in [7, 11) is -2.93. The van der Waals surface area contributed by atoms with Crippen LogP contribution in [0.3, 0.4) is 0 Å². The van der Waals surface area contributed by atoms with E-state index in [1.165, 1.54) is 13.2 Å². The first-order valence-corrected chi connectivity index (χ1v) is 11.6. The third-order valence-corrected chi connectivity index (χ3v) is 6.44. The van der Waals surface area contributed by atoms with Gasteiger partial charge >= 0.3 is 5.97 Å². The van der Waals surface area contributed by atoms with Gasteiger partial charge in [-0.3, -0.25) is 4.79 Å². The summed E-state index contributed by atoms with van der Waals surface area (Å²) >= 11 is 0. The highest BCUT2D eigenvalue weighted by molar-refractivity contribution is 7.89. The maximum atomic E-state index is 13.1. The third kappa shape index (κ3) is 6.11. The molecule has 3 rings (SSSR count). The summed E-state index contributed by atoms with van der Waals surface area (Å²) in [5.74, 6) is 7.45. The molecule has 166 valence electrons. The molecule has 5 nitrogen and oxygen atoms in total. The van der Waals surface area contributed by atoms with Crippen molar-refractivity contribution in [3.05, 3.63) is 89.5 Å². The second kappa shape index (κ2) is 10.7. The third-order valence-electron chi connectivity index (χ3n) is 4.91. The Morgan fingerprint density at radius 1 is 1.03 bits per heavy atom. The van der Waals surface area contributed by atoms with Gasteiger partial charge in [-0.05, 0) is 42.3 Å². The number of hydrogen-bond donors (Lipinski definition) is 1. The zero-order valence-electron chi connectivity index (χ0n) is 18.3. The lowest BCUT2D eigenvalue weighted by molar-refractivity contribution is -0.142. The van der Waals surface area contributed by atoms with Crippen LogP contribution in [0.2, 0.25) is 0 Å². The summed E-state index contributed by atoms with van der Waals surface area (Å²) in [6, 6.07) is 20.6. The van der Waals surface area contributed by atoms with Crippen LogP contribution in [-0.2, 0) is 19.6 Å². The molecule has 0 radical (unpaired) electrons. The van der Waals surface area contributed by atoms with Crippen LogP contribution in [-0.4, -0.2) is 27.5 Å². The molecule has 1 atom stereocenters. The van der Waals surface area contributed by atoms with E-state index in [4.69, 9.17) is 11.2 Å². The Labute approximate surface area is 194 Å². The second-order valence-corrected chi connectivity index (χ2v) is 8.97. The number of carbonyl (C=O) groups excluding carboxylic acids is 1. The maximum absolute atomic E-state index is 13.1. The zero-order chi connectivity index (χ0) is 23.8. The monoisotopic (exact) mass is 457 g/mol. The van der Waals surface area contributed by atoms with Gasteiger partial charge in [-0.2, -0.15) is 4.72 Å². The quantitative estimate of drug-likeness (QED) is 0.450. The maximum Gasteiger partial charge on any atom is 0.324 e. The molecular formula is C27H23NO4S. The van der Waals surface area contributed by atoms with Crippen LogP contribution in [0.15, 0.2) is 77.7 Å². The lowest BCUT2D eigenvalue weighted by Gasteiger charge is -2.16. The summed E-state index contributed by atoms with van der Waals surface area (Å²) < 4.78 is 33.4. The van der Waals surface area contributed by atoms with E-state index in [9.17, 15) is 13.2 Å². The van der Waals surface area contributed by atoms with Gasteiger partial charge in [0.05, 0.1) is 12.0 Å². The van der Waals surface area contributed by atoms with Crippen LogP contribution in [0.4, 0.5) is 0 Å². The van der Waals surface area contributed by atoms with Gasteiger partial charge in [0.25, 0.3) is 0 Å². The second-order valence-electron chi connectivity index (χ2n) is 7.29. The van der Waals surface area contributed by atoms with Gasteiger partial charge in [-0.15, -0.1) is 6.42 Å². The Hall–Kier alpha value is -3.84. The van der Waals surface area contributed by atoms with E-state index in [1.54, 1.807) is 12.1 Å². The number of terminal acetylenes is 1. The topological polar surface area (TPSA) is 72.5 Å². The van der Waals surface area contributed by atoms with Gasteiger partial charge in [0, 0.05) is 17.5 Å². The molecule has 0 aliphatic heterocycles. The van der Waals surface area contributed by atoms with Crippen LogP contribution in [0.1, 0.15) is 23.1 Å². The molecule has 0 aliphatic rings. The number of sulfonamides is 1. The minimum atomic E-state index is -4.12. The van der Waals surface area contributed by atoms with Crippen molar-refractivity contribution in [1.29, 1.82) is 0 Å². The van der Waals surface area contributed by atoms with Crippen molar-refractivity contribution < 1.29 is 17.9 Å². The molecule has 0 aromatic heterocycles. The average molecular weight is 458 g/mol. The van der Waals surface area contributed by atoms with Crippen molar-refractivity contribution in [2.75, 3.05) is 7.11 Å². The Bertz CT molecular complexity index is 1340. The van der Waals surface area contributed by atoms with E-state index in [0.717, 1.165) is 22.3 Å². The normalized spacial score (nSPS) is 11.5. The number of ether oxygens (including phenoxy) is 1. The first-order valence-electron chi connectivity index (χ1n) is 10.2. The fourth-order valence-electron chi connectivity index (χ4n) is 3.15. The van der Waals surface area contributed by atoms with Crippen LogP contribution in [0.5, 0.6) is 0 Å². The standard InChI is InChI=1S/C27H23NO4S/c1-4-22-19-24(23-15-13-20(2)14-16-23)17-18-26(22)33(30,31)28-25(27(29)32-3)12-8-11-21-9-6-5-7-10-21/h1,5-7,9-10,13-19,25,28H,12H2,2-3H3. The number of hydrogen-bond acceptors (Lipinski definition) is 4. The first-order chi connectivity index (χ1) is 15.8. The van der Waals surface area contributed by atoms with E-state index in [0.29, 0.717) is 0 Å². The van der Waals surface area contributed by atoms with Gasteiger partial charge in [0.2, 0.25) is 10.0 Å². The number of methoxy groups -OCH3 is 1. The Morgan fingerprint density at radius 2 is 1.70 bits per heavy atom. The van der Waals surface area contributed by atoms with E-state index in [-0.39, 0.29) is 16.9 Å². The van der Waals surface area contributed by atoms with Crippen molar-refractivity contribution in [3.8, 4) is 35.3 Å². The largest absolute Gasteiger partial charge is 0.468 e. The molecule has 6 heteroatoms. The minimum Gasteiger partial charge on any atom is -0.468 e. The molecule has 0 saturated heterocycles. The molecule has 0 heterocycles. The summed E-state index contributed by atoms with van der Waals surface area (Å²) in [5, 5.41) is 0. The smallest absolute Gasteiger partial charge is 0.324 e. The molecule has 0 fully saturated rings. The summed E-state index contributed by atoms with van der Waals surface area (Å²) in [5.41, 5.74) is 3.77. The molecule has 0 bridgehead atoms. The molecule has 33 heavy (non-hydrogen) atoms. The Balaban J connectivity index is 1.87. The Morgan fingerprint density at radius 3 is 2.33 bits per heavy atom. The number of nitrogens with one attached hydrogen (secondary N) is 1. The number of benzene rings is 3. The minimum absolute atomic E-state index is 0.0619. The van der Waals surface area contributed by atoms with Crippen LogP contribution >= 0.6 is 0 Å². The number of rotatable bonds is 6. The summed E-state index contributed by atoms with van der Waals surface area (Å²) in [6.45, 7) is 1.99. The molecule has 0 saturated carbocycles. The molecule has 0 spiro atoms. The first kappa shape index (κ1) is 23.8. The average Bonchev–Trinajstić information content (AvgIpc) is 2.83. The molecule has 1 unspecified atom stereocenters. The highest BCUT2D eigenvalue weighted by Gasteiger charge is 2.27. The van der Waals surface area contributed by atoms with Gasteiger partial charge in [0.15, 0.2) is 0 Å².